The molecule has 120 valence electrons. The van der Waals surface area contributed by atoms with Crippen LogP contribution in [0.2, 0.25) is 0 Å². The molecule has 2 aromatic heterocycles. The third-order valence-corrected chi connectivity index (χ3v) is 4.09. The lowest BCUT2D eigenvalue weighted by molar-refractivity contribution is 0.500. The Balaban J connectivity index is 2.00. The van der Waals surface area contributed by atoms with E-state index >= 15 is 0 Å². The summed E-state index contributed by atoms with van der Waals surface area (Å²) >= 11 is 1.50. The van der Waals surface area contributed by atoms with Gasteiger partial charge in [0, 0.05) is 36.8 Å². The normalized spacial score (nSPS) is 18.7. The zero-order valence-corrected chi connectivity index (χ0v) is 14.0. The van der Waals surface area contributed by atoms with E-state index in [1.165, 1.54) is 11.8 Å². The van der Waals surface area contributed by atoms with Crippen molar-refractivity contribution in [2.24, 2.45) is 4.99 Å². The summed E-state index contributed by atoms with van der Waals surface area (Å²) < 4.78 is 2.03. The van der Waals surface area contributed by atoms with Crippen LogP contribution < -0.4 is 16.7 Å². The van der Waals surface area contributed by atoms with Crippen LogP contribution in [0.1, 0.15) is 24.4 Å². The van der Waals surface area contributed by atoms with E-state index < -0.39 is 0 Å². The minimum Gasteiger partial charge on any atom is -0.394 e. The standard InChI is InChI=1S/C14H18N8S/c1-8-10(7-16-2)11-20-14(23-3)21-13(22(8)11)19-6-9-4-17-12(15)18-5-9/h4-5,7-8,16H,6H2,1-3H3,(H2,15,17,18). The van der Waals surface area contributed by atoms with Gasteiger partial charge in [-0.05, 0) is 13.2 Å². The fourth-order valence-electron chi connectivity index (χ4n) is 2.38. The van der Waals surface area contributed by atoms with E-state index in [0.717, 1.165) is 17.0 Å². The molecule has 0 amide bonds. The number of hydrogen-bond donors (Lipinski definition) is 2. The first-order valence-corrected chi connectivity index (χ1v) is 8.35. The molecular weight excluding hydrogens is 312 g/mol. The largest absolute Gasteiger partial charge is 0.394 e. The summed E-state index contributed by atoms with van der Waals surface area (Å²) in [5.41, 5.74) is 8.19. The molecule has 23 heavy (non-hydrogen) atoms. The molecule has 1 atom stereocenters. The Morgan fingerprint density at radius 3 is 2.78 bits per heavy atom. The van der Waals surface area contributed by atoms with E-state index in [0.29, 0.717) is 17.3 Å². The van der Waals surface area contributed by atoms with Crippen molar-refractivity contribution in [1.29, 1.82) is 0 Å². The van der Waals surface area contributed by atoms with Crippen LogP contribution >= 0.6 is 11.8 Å². The highest BCUT2D eigenvalue weighted by Crippen LogP contribution is 2.35. The summed E-state index contributed by atoms with van der Waals surface area (Å²) in [4.78, 5) is 21.6. The number of nitrogen functional groups attached to an aromatic ring is 1. The third-order valence-electron chi connectivity index (χ3n) is 3.55. The van der Waals surface area contributed by atoms with Gasteiger partial charge in [-0.15, -0.1) is 0 Å². The number of thioether (sulfide) groups is 1. The fourth-order valence-corrected chi connectivity index (χ4v) is 2.73. The Morgan fingerprint density at radius 2 is 2.13 bits per heavy atom. The molecule has 0 aromatic carbocycles. The molecule has 0 radical (unpaired) electrons. The topological polar surface area (TPSA) is 107 Å². The number of nitrogens with one attached hydrogen (secondary N) is 1. The number of anilines is 1. The highest BCUT2D eigenvalue weighted by Gasteiger charge is 2.31. The maximum Gasteiger partial charge on any atom is 0.229 e. The van der Waals surface area contributed by atoms with Gasteiger partial charge in [0.1, 0.15) is 5.82 Å². The van der Waals surface area contributed by atoms with E-state index in [-0.39, 0.29) is 12.0 Å². The van der Waals surface area contributed by atoms with Crippen LogP contribution in [0.25, 0.3) is 5.57 Å². The Kier molecular flexibility index (Phi) is 4.28. The van der Waals surface area contributed by atoms with Crippen LogP contribution in [-0.4, -0.2) is 37.8 Å². The average molecular weight is 330 g/mol. The van der Waals surface area contributed by atoms with Crippen molar-refractivity contribution in [1.82, 2.24) is 29.8 Å². The van der Waals surface area contributed by atoms with Crippen molar-refractivity contribution in [3.05, 3.63) is 35.6 Å². The second kappa shape index (κ2) is 6.37. The minimum absolute atomic E-state index is 0.190. The van der Waals surface area contributed by atoms with Gasteiger partial charge in [-0.1, -0.05) is 11.8 Å². The zero-order chi connectivity index (χ0) is 16.4. The van der Waals surface area contributed by atoms with Crippen molar-refractivity contribution in [3.63, 3.8) is 0 Å². The molecule has 8 nitrogen and oxygen atoms in total. The summed E-state index contributed by atoms with van der Waals surface area (Å²) in [7, 11) is 1.88. The van der Waals surface area contributed by atoms with Crippen LogP contribution in [0.3, 0.4) is 0 Å². The summed E-state index contributed by atoms with van der Waals surface area (Å²) in [5.74, 6) is 1.16. The lowest BCUT2D eigenvalue weighted by Gasteiger charge is -2.32. The van der Waals surface area contributed by atoms with Gasteiger partial charge < -0.3 is 11.1 Å². The molecule has 0 bridgehead atoms. The van der Waals surface area contributed by atoms with Gasteiger partial charge in [0.2, 0.25) is 11.6 Å². The molecule has 0 fully saturated rings. The average Bonchev–Trinajstić information content (AvgIpc) is 2.58. The molecule has 1 aliphatic rings. The first-order valence-electron chi connectivity index (χ1n) is 7.13. The Labute approximate surface area is 138 Å². The van der Waals surface area contributed by atoms with Gasteiger partial charge in [0.25, 0.3) is 0 Å². The van der Waals surface area contributed by atoms with Crippen LogP contribution in [0.5, 0.6) is 0 Å². The number of aromatic nitrogens is 5. The molecule has 3 heterocycles. The molecule has 0 saturated carbocycles. The molecule has 0 saturated heterocycles. The maximum atomic E-state index is 5.49. The minimum atomic E-state index is 0.190. The SMILES string of the molecule is CNC=C1c2nc(SC)nc(=NCc3cnc(N)nc3)n2C1C. The summed E-state index contributed by atoms with van der Waals surface area (Å²) in [6.07, 6.45) is 7.27. The quantitative estimate of drug-likeness (QED) is 0.791. The Morgan fingerprint density at radius 1 is 1.39 bits per heavy atom. The molecule has 1 aliphatic heterocycles. The molecule has 9 heteroatoms. The van der Waals surface area contributed by atoms with Gasteiger partial charge in [0.15, 0.2) is 5.16 Å². The second-order valence-electron chi connectivity index (χ2n) is 5.03. The van der Waals surface area contributed by atoms with Gasteiger partial charge in [-0.25, -0.2) is 19.9 Å². The van der Waals surface area contributed by atoms with Gasteiger partial charge >= 0.3 is 0 Å². The Hall–Kier alpha value is -2.42. The first-order chi connectivity index (χ1) is 11.1. The lowest BCUT2D eigenvalue weighted by atomic mass is 10.0. The maximum absolute atomic E-state index is 5.49. The van der Waals surface area contributed by atoms with E-state index in [1.807, 2.05) is 24.1 Å². The number of rotatable bonds is 4. The van der Waals surface area contributed by atoms with E-state index in [4.69, 9.17) is 5.73 Å². The molecule has 3 rings (SSSR count). The number of nitrogens with two attached hydrogens (primary N) is 1. The molecular formula is C14H18N8S. The number of nitrogens with zero attached hydrogens (tertiary/aromatic N) is 6. The smallest absolute Gasteiger partial charge is 0.229 e. The predicted octanol–water partition coefficient (Wildman–Crippen LogP) is 0.608. The van der Waals surface area contributed by atoms with Crippen LogP contribution in [0.4, 0.5) is 5.95 Å². The number of allylic oxidation sites excluding steroid dienone is 1. The second-order valence-corrected chi connectivity index (χ2v) is 5.81. The Bertz CT molecular complexity index is 809. The first kappa shape index (κ1) is 15.5. The molecule has 0 aliphatic carbocycles. The highest BCUT2D eigenvalue weighted by molar-refractivity contribution is 7.98. The molecule has 3 N–H and O–H groups in total. The number of hydrogen-bond acceptors (Lipinski definition) is 8. The van der Waals surface area contributed by atoms with Crippen LogP contribution in [-0.2, 0) is 6.54 Å². The van der Waals surface area contributed by atoms with Crippen molar-refractivity contribution < 1.29 is 0 Å². The van der Waals surface area contributed by atoms with Crippen molar-refractivity contribution in [2.75, 3.05) is 19.0 Å². The molecule has 1 unspecified atom stereocenters. The van der Waals surface area contributed by atoms with Crippen molar-refractivity contribution in [2.45, 2.75) is 24.7 Å². The predicted molar refractivity (Wildman–Crippen MR) is 89.3 cm³/mol. The fraction of sp³-hybridized carbons (Fsp3) is 0.357. The monoisotopic (exact) mass is 330 g/mol. The van der Waals surface area contributed by atoms with E-state index in [1.54, 1.807) is 12.4 Å². The van der Waals surface area contributed by atoms with Crippen molar-refractivity contribution in [3.8, 4) is 0 Å². The highest BCUT2D eigenvalue weighted by atomic mass is 32.2. The van der Waals surface area contributed by atoms with Gasteiger partial charge in [0.05, 0.1) is 12.6 Å². The van der Waals surface area contributed by atoms with E-state index in [2.05, 4.69) is 37.2 Å². The van der Waals surface area contributed by atoms with E-state index in [9.17, 15) is 0 Å². The lowest BCUT2D eigenvalue weighted by Crippen LogP contribution is -2.40. The van der Waals surface area contributed by atoms with Gasteiger partial charge in [-0.3, -0.25) is 4.57 Å². The third kappa shape index (κ3) is 2.91. The van der Waals surface area contributed by atoms with Crippen LogP contribution in [0.15, 0.2) is 28.7 Å². The summed E-state index contributed by atoms with van der Waals surface area (Å²) in [5, 5.41) is 3.77. The van der Waals surface area contributed by atoms with Gasteiger partial charge in [-0.2, -0.15) is 4.98 Å². The van der Waals surface area contributed by atoms with Crippen LogP contribution in [0, 0.1) is 0 Å². The molecule has 0 spiro atoms. The molecule has 2 aromatic rings. The van der Waals surface area contributed by atoms with Crippen molar-refractivity contribution >= 4 is 23.3 Å². The summed E-state index contributed by atoms with van der Waals surface area (Å²) in [6, 6.07) is 0.190. The zero-order valence-electron chi connectivity index (χ0n) is 13.2. The number of fused-ring (bicyclic) bond motifs is 1. The summed E-state index contributed by atoms with van der Waals surface area (Å²) in [6.45, 7) is 2.55.